The van der Waals surface area contributed by atoms with Gasteiger partial charge in [0.15, 0.2) is 0 Å². The summed E-state index contributed by atoms with van der Waals surface area (Å²) in [6.07, 6.45) is 0. The molecule has 0 saturated heterocycles. The molecule has 2 rings (SSSR count). The molecule has 0 amide bonds. The smallest absolute Gasteiger partial charge is 0.282 e. The van der Waals surface area contributed by atoms with Gasteiger partial charge in [-0.3, -0.25) is 4.55 Å². The van der Waals surface area contributed by atoms with Crippen molar-refractivity contribution in [2.45, 2.75) is 18.7 Å². The largest absolute Gasteiger partial charge is 0.294 e. The van der Waals surface area contributed by atoms with Crippen LogP contribution < -0.4 is 0 Å². The van der Waals surface area contributed by atoms with Gasteiger partial charge >= 0.3 is 0 Å². The van der Waals surface area contributed by atoms with Crippen LogP contribution in [-0.2, 0) is 10.1 Å². The van der Waals surface area contributed by atoms with E-state index in [4.69, 9.17) is 16.8 Å². The maximum atomic E-state index is 10.9. The molecule has 1 N–H and O–H groups in total. The third-order valence-corrected chi connectivity index (χ3v) is 3.73. The number of aryl methyl sites for hydroxylation is 2. The van der Waals surface area contributed by atoms with Crippen LogP contribution in [-0.4, -0.2) is 27.7 Å². The van der Waals surface area contributed by atoms with E-state index in [9.17, 15) is 8.42 Å². The topological polar surface area (TPSA) is 85.1 Å². The Bertz CT molecular complexity index is 780. The van der Waals surface area contributed by atoms with Gasteiger partial charge in [0.2, 0.25) is 4.77 Å². The molecule has 0 aliphatic rings. The molecule has 0 fully saturated rings. The van der Waals surface area contributed by atoms with E-state index in [1.165, 1.54) is 28.9 Å². The van der Waals surface area contributed by atoms with Crippen molar-refractivity contribution in [1.29, 1.82) is 0 Å². The predicted molar refractivity (Wildman–Crippen MR) is 71.5 cm³/mol. The van der Waals surface area contributed by atoms with Gasteiger partial charge in [0.05, 0.1) is 22.0 Å². The molecule has 0 atom stereocenters. The third kappa shape index (κ3) is 2.86. The second-order valence-electron chi connectivity index (χ2n) is 3.95. The van der Waals surface area contributed by atoms with Crippen molar-refractivity contribution in [3.8, 4) is 5.69 Å². The normalized spacial score (nSPS) is 11.5. The third-order valence-electron chi connectivity index (χ3n) is 2.60. The van der Waals surface area contributed by atoms with Crippen LogP contribution in [0.4, 0.5) is 0 Å². The summed E-state index contributed by atoms with van der Waals surface area (Å²) in [6.45, 7) is 3.62. The molecule has 1 heterocycles. The zero-order chi connectivity index (χ0) is 14.2. The van der Waals surface area contributed by atoms with Crippen LogP contribution in [0.15, 0.2) is 29.2 Å². The van der Waals surface area contributed by atoms with Gasteiger partial charge in [-0.15, -0.1) is 0 Å². The first-order valence-electron chi connectivity index (χ1n) is 5.31. The average Bonchev–Trinajstić information content (AvgIpc) is 2.33. The fourth-order valence-electron chi connectivity index (χ4n) is 1.46. The monoisotopic (exact) mass is 297 g/mol. The van der Waals surface area contributed by atoms with Crippen molar-refractivity contribution in [1.82, 2.24) is 14.8 Å². The van der Waals surface area contributed by atoms with E-state index in [0.717, 1.165) is 11.4 Å². The second-order valence-corrected chi connectivity index (χ2v) is 5.73. The lowest BCUT2D eigenvalue weighted by Crippen LogP contribution is -2.08. The summed E-state index contributed by atoms with van der Waals surface area (Å²) in [5.74, 6) is 0. The van der Waals surface area contributed by atoms with Crippen LogP contribution in [0.3, 0.4) is 0 Å². The SMILES string of the molecule is Cc1nc(=S)n(-c2ccc(S(=O)(=O)O)cc2)nc1C. The molecule has 100 valence electrons. The van der Waals surface area contributed by atoms with Crippen LogP contribution in [0.5, 0.6) is 0 Å². The van der Waals surface area contributed by atoms with E-state index in [-0.39, 0.29) is 9.67 Å². The molecule has 0 spiro atoms. The first-order chi connectivity index (χ1) is 8.79. The van der Waals surface area contributed by atoms with Gasteiger partial charge < -0.3 is 0 Å². The van der Waals surface area contributed by atoms with Gasteiger partial charge in [-0.2, -0.15) is 13.5 Å². The van der Waals surface area contributed by atoms with Crippen LogP contribution in [0.25, 0.3) is 5.69 Å². The van der Waals surface area contributed by atoms with Gasteiger partial charge in [0.1, 0.15) is 0 Å². The van der Waals surface area contributed by atoms with E-state index in [2.05, 4.69) is 10.1 Å². The van der Waals surface area contributed by atoms with E-state index < -0.39 is 10.1 Å². The summed E-state index contributed by atoms with van der Waals surface area (Å²) in [7, 11) is -4.20. The molecular formula is C11H11N3O3S2. The Morgan fingerprint density at radius 1 is 1.16 bits per heavy atom. The maximum absolute atomic E-state index is 10.9. The highest BCUT2D eigenvalue weighted by Gasteiger charge is 2.10. The van der Waals surface area contributed by atoms with Crippen LogP contribution in [0.2, 0.25) is 0 Å². The van der Waals surface area contributed by atoms with Crippen molar-refractivity contribution in [3.05, 3.63) is 40.4 Å². The molecule has 19 heavy (non-hydrogen) atoms. The van der Waals surface area contributed by atoms with Gasteiger partial charge in [0.25, 0.3) is 10.1 Å². The molecule has 0 aliphatic heterocycles. The van der Waals surface area contributed by atoms with Crippen LogP contribution in [0.1, 0.15) is 11.4 Å². The average molecular weight is 297 g/mol. The minimum absolute atomic E-state index is 0.181. The molecule has 2 aromatic rings. The molecule has 0 unspecified atom stereocenters. The van der Waals surface area contributed by atoms with Crippen LogP contribution in [0, 0.1) is 18.6 Å². The highest BCUT2D eigenvalue weighted by atomic mass is 32.2. The Hall–Kier alpha value is -1.64. The van der Waals surface area contributed by atoms with Crippen molar-refractivity contribution < 1.29 is 13.0 Å². The highest BCUT2D eigenvalue weighted by Crippen LogP contribution is 2.13. The van der Waals surface area contributed by atoms with E-state index >= 15 is 0 Å². The molecular weight excluding hydrogens is 286 g/mol. The number of hydrogen-bond donors (Lipinski definition) is 1. The van der Waals surface area contributed by atoms with E-state index in [1.54, 1.807) is 6.92 Å². The standard InChI is InChI=1S/C11H11N3O3S2/c1-7-8(2)13-14(11(18)12-7)9-3-5-10(6-4-9)19(15,16)17/h3-6H,1-2H3,(H,15,16,17). The first kappa shape index (κ1) is 13.8. The second kappa shape index (κ2) is 4.80. The van der Waals surface area contributed by atoms with Gasteiger partial charge in [0, 0.05) is 0 Å². The van der Waals surface area contributed by atoms with Crippen LogP contribution >= 0.6 is 12.2 Å². The molecule has 6 nitrogen and oxygen atoms in total. The quantitative estimate of drug-likeness (QED) is 0.672. The van der Waals surface area contributed by atoms with Gasteiger partial charge in [-0.05, 0) is 50.3 Å². The summed E-state index contributed by atoms with van der Waals surface area (Å²) in [5, 5.41) is 4.27. The Morgan fingerprint density at radius 2 is 1.74 bits per heavy atom. The summed E-state index contributed by atoms with van der Waals surface area (Å²) in [6, 6.07) is 5.57. The number of rotatable bonds is 2. The predicted octanol–water partition coefficient (Wildman–Crippen LogP) is 1.86. The minimum atomic E-state index is -4.20. The molecule has 1 aromatic carbocycles. The number of hydrogen-bond acceptors (Lipinski definition) is 5. The number of benzene rings is 1. The van der Waals surface area contributed by atoms with Crippen molar-refractivity contribution in [3.63, 3.8) is 0 Å². The molecule has 0 saturated carbocycles. The fourth-order valence-corrected chi connectivity index (χ4v) is 2.23. The van der Waals surface area contributed by atoms with Crippen molar-refractivity contribution >= 4 is 22.3 Å². The zero-order valence-corrected chi connectivity index (χ0v) is 11.9. The first-order valence-corrected chi connectivity index (χ1v) is 7.16. The maximum Gasteiger partial charge on any atom is 0.294 e. The van der Waals surface area contributed by atoms with Gasteiger partial charge in [-0.25, -0.2) is 9.67 Å². The summed E-state index contributed by atoms with van der Waals surface area (Å²) in [4.78, 5) is 3.99. The Kier molecular flexibility index (Phi) is 3.48. The number of aromatic nitrogens is 3. The molecule has 1 aromatic heterocycles. The highest BCUT2D eigenvalue weighted by molar-refractivity contribution is 7.85. The molecule has 0 aliphatic carbocycles. The Labute approximate surface area is 115 Å². The van der Waals surface area contributed by atoms with Crippen molar-refractivity contribution in [2.24, 2.45) is 0 Å². The molecule has 8 heteroatoms. The number of nitrogens with zero attached hydrogens (tertiary/aromatic N) is 3. The zero-order valence-electron chi connectivity index (χ0n) is 10.2. The minimum Gasteiger partial charge on any atom is -0.282 e. The van der Waals surface area contributed by atoms with Crippen molar-refractivity contribution in [2.75, 3.05) is 0 Å². The van der Waals surface area contributed by atoms with E-state index in [1.807, 2.05) is 6.92 Å². The molecule has 0 radical (unpaired) electrons. The lowest BCUT2D eigenvalue weighted by Gasteiger charge is -2.08. The lowest BCUT2D eigenvalue weighted by molar-refractivity contribution is 0.483. The lowest BCUT2D eigenvalue weighted by atomic mass is 10.3. The summed E-state index contributed by atoms with van der Waals surface area (Å²) >= 11 is 5.11. The fraction of sp³-hybridized carbons (Fsp3) is 0.182. The van der Waals surface area contributed by atoms with Gasteiger partial charge in [-0.1, -0.05) is 0 Å². The molecule has 0 bridgehead atoms. The summed E-state index contributed by atoms with van der Waals surface area (Å²) < 4.78 is 32.5. The summed E-state index contributed by atoms with van der Waals surface area (Å²) in [5.41, 5.74) is 2.05. The Morgan fingerprint density at radius 3 is 2.26 bits per heavy atom. The van der Waals surface area contributed by atoms with E-state index in [0.29, 0.717) is 5.69 Å². The Balaban J connectivity index is 2.55.